The molecule has 3 rings (SSSR count). The van der Waals surface area contributed by atoms with Crippen LogP contribution in [0, 0.1) is 5.82 Å². The lowest BCUT2D eigenvalue weighted by Crippen LogP contribution is -2.30. The largest absolute Gasteiger partial charge is 0.349 e. The summed E-state index contributed by atoms with van der Waals surface area (Å²) in [4.78, 5) is 35.4. The van der Waals surface area contributed by atoms with E-state index in [2.05, 4.69) is 10.6 Å². The molecule has 2 aromatic rings. The number of nitrogens with one attached hydrogen (secondary N) is 2. The first kappa shape index (κ1) is 19.5. The first-order chi connectivity index (χ1) is 12.5. The van der Waals surface area contributed by atoms with Gasteiger partial charge in [-0.1, -0.05) is 18.2 Å². The minimum Gasteiger partial charge on any atom is -0.349 e. The minimum absolute atomic E-state index is 0.0447. The van der Waals surface area contributed by atoms with Crippen LogP contribution in [0.2, 0.25) is 0 Å². The van der Waals surface area contributed by atoms with Crippen LogP contribution in [-0.2, 0) is 6.54 Å². The number of pyridine rings is 1. The van der Waals surface area contributed by atoms with Crippen molar-refractivity contribution in [2.24, 2.45) is 0 Å². The Balaban J connectivity index is 0.000000758. The van der Waals surface area contributed by atoms with Gasteiger partial charge in [0, 0.05) is 17.8 Å². The third kappa shape index (κ3) is 5.10. The Hall–Kier alpha value is -2.80. The average Bonchev–Trinajstić information content (AvgIpc) is 3.43. The molecule has 2 N–H and O–H groups in total. The van der Waals surface area contributed by atoms with Crippen molar-refractivity contribution in [1.82, 2.24) is 15.2 Å². The molecule has 0 unspecified atom stereocenters. The van der Waals surface area contributed by atoms with Gasteiger partial charge in [-0.3, -0.25) is 14.4 Å². The molecule has 1 aromatic carbocycles. The van der Waals surface area contributed by atoms with Gasteiger partial charge in [-0.15, -0.1) is 0 Å². The van der Waals surface area contributed by atoms with Crippen LogP contribution >= 0.6 is 0 Å². The Morgan fingerprint density at radius 1 is 1.31 bits per heavy atom. The second kappa shape index (κ2) is 9.05. The molecule has 0 radical (unpaired) electrons. The zero-order chi connectivity index (χ0) is 19.1. The van der Waals surface area contributed by atoms with Crippen LogP contribution < -0.4 is 16.2 Å². The highest BCUT2D eigenvalue weighted by Gasteiger charge is 2.24. The number of hydrogen-bond donors (Lipinski definition) is 2. The number of hydrogen-bond acceptors (Lipinski definition) is 4. The second-order valence-electron chi connectivity index (χ2n) is 6.07. The molecule has 26 heavy (non-hydrogen) atoms. The van der Waals surface area contributed by atoms with Gasteiger partial charge in [-0.2, -0.15) is 0 Å². The number of amides is 1. The van der Waals surface area contributed by atoms with Gasteiger partial charge in [0.2, 0.25) is 0 Å². The van der Waals surface area contributed by atoms with E-state index in [4.69, 9.17) is 0 Å². The molecule has 1 aromatic heterocycles. The number of benzene rings is 1. The highest BCUT2D eigenvalue weighted by molar-refractivity contribution is 5.95. The smallest absolute Gasteiger partial charge is 0.261 e. The molecule has 1 heterocycles. The van der Waals surface area contributed by atoms with Gasteiger partial charge in [0.05, 0.1) is 17.7 Å². The van der Waals surface area contributed by atoms with E-state index in [0.29, 0.717) is 11.8 Å². The van der Waals surface area contributed by atoms with E-state index >= 15 is 0 Å². The first-order valence-corrected chi connectivity index (χ1v) is 8.32. The topological polar surface area (TPSA) is 80.2 Å². The van der Waals surface area contributed by atoms with Gasteiger partial charge in [0.15, 0.2) is 6.29 Å². The van der Waals surface area contributed by atoms with Gasteiger partial charge in [-0.05, 0) is 39.1 Å². The molecule has 0 bridgehead atoms. The maximum atomic E-state index is 13.8. The van der Waals surface area contributed by atoms with Gasteiger partial charge in [0.25, 0.3) is 11.5 Å². The van der Waals surface area contributed by atoms with E-state index in [0.717, 1.165) is 12.8 Å². The number of rotatable bonds is 5. The fourth-order valence-electron chi connectivity index (χ4n) is 2.29. The van der Waals surface area contributed by atoms with Crippen molar-refractivity contribution in [3.05, 3.63) is 69.4 Å². The Labute approximate surface area is 151 Å². The SMILES string of the molecule is CNC.O=Cc1cc(C(=O)NC2CC2)cn(Cc2ccccc2F)c1=O. The molecular weight excluding hydrogens is 337 g/mol. The first-order valence-electron chi connectivity index (χ1n) is 8.32. The molecule has 1 amide bonds. The van der Waals surface area contributed by atoms with Crippen LogP contribution in [0.5, 0.6) is 0 Å². The van der Waals surface area contributed by atoms with Crippen molar-refractivity contribution in [3.8, 4) is 0 Å². The summed E-state index contributed by atoms with van der Waals surface area (Å²) in [6.07, 6.45) is 3.63. The lowest BCUT2D eigenvalue weighted by Gasteiger charge is -2.11. The van der Waals surface area contributed by atoms with Crippen molar-refractivity contribution in [2.75, 3.05) is 14.1 Å². The van der Waals surface area contributed by atoms with E-state index in [-0.39, 0.29) is 29.6 Å². The summed E-state index contributed by atoms with van der Waals surface area (Å²) in [6, 6.07) is 7.50. The van der Waals surface area contributed by atoms with Crippen molar-refractivity contribution in [2.45, 2.75) is 25.4 Å². The van der Waals surface area contributed by atoms with Crippen molar-refractivity contribution >= 4 is 12.2 Å². The Bertz CT molecular complexity index is 844. The van der Waals surface area contributed by atoms with E-state index in [1.54, 1.807) is 18.2 Å². The summed E-state index contributed by atoms with van der Waals surface area (Å²) in [5, 5.41) is 5.55. The molecular formula is C19H22FN3O3. The Morgan fingerprint density at radius 2 is 1.96 bits per heavy atom. The lowest BCUT2D eigenvalue weighted by atomic mass is 10.1. The maximum absolute atomic E-state index is 13.8. The van der Waals surface area contributed by atoms with Gasteiger partial charge in [-0.25, -0.2) is 4.39 Å². The number of carbonyl (C=O) groups excluding carboxylic acids is 2. The summed E-state index contributed by atoms with van der Waals surface area (Å²) >= 11 is 0. The number of halogens is 1. The van der Waals surface area contributed by atoms with Crippen molar-refractivity contribution < 1.29 is 14.0 Å². The predicted octanol–water partition coefficient (Wildman–Crippen LogP) is 1.58. The van der Waals surface area contributed by atoms with Crippen molar-refractivity contribution in [1.29, 1.82) is 0 Å². The molecule has 1 saturated carbocycles. The molecule has 0 spiro atoms. The molecule has 7 heteroatoms. The normalized spacial score (nSPS) is 12.7. The third-order valence-corrected chi connectivity index (χ3v) is 3.71. The maximum Gasteiger partial charge on any atom is 0.261 e. The zero-order valence-electron chi connectivity index (χ0n) is 14.8. The minimum atomic E-state index is -0.550. The zero-order valence-corrected chi connectivity index (χ0v) is 14.8. The monoisotopic (exact) mass is 359 g/mol. The number of carbonyl (C=O) groups is 2. The van der Waals surface area contributed by atoms with Gasteiger partial charge < -0.3 is 15.2 Å². The molecule has 138 valence electrons. The Kier molecular flexibility index (Phi) is 6.80. The van der Waals surface area contributed by atoms with Crippen LogP contribution in [0.4, 0.5) is 4.39 Å². The summed E-state index contributed by atoms with van der Waals surface area (Å²) < 4.78 is 14.9. The molecule has 0 saturated heterocycles. The molecule has 6 nitrogen and oxygen atoms in total. The van der Waals surface area contributed by atoms with E-state index in [1.165, 1.54) is 22.9 Å². The number of nitrogens with zero attached hydrogens (tertiary/aromatic N) is 1. The van der Waals surface area contributed by atoms with Crippen LogP contribution in [0.25, 0.3) is 0 Å². The summed E-state index contributed by atoms with van der Waals surface area (Å²) in [5.74, 6) is -0.780. The Morgan fingerprint density at radius 3 is 2.54 bits per heavy atom. The van der Waals surface area contributed by atoms with Gasteiger partial charge >= 0.3 is 0 Å². The van der Waals surface area contributed by atoms with Crippen molar-refractivity contribution in [3.63, 3.8) is 0 Å². The summed E-state index contributed by atoms with van der Waals surface area (Å²) in [7, 11) is 3.75. The highest BCUT2D eigenvalue weighted by atomic mass is 19.1. The van der Waals surface area contributed by atoms with Gasteiger partial charge in [0.1, 0.15) is 5.82 Å². The fraction of sp³-hybridized carbons (Fsp3) is 0.316. The predicted molar refractivity (Wildman–Crippen MR) is 97.1 cm³/mol. The van der Waals surface area contributed by atoms with E-state index in [1.807, 2.05) is 14.1 Å². The molecule has 0 aliphatic heterocycles. The fourth-order valence-corrected chi connectivity index (χ4v) is 2.29. The summed E-state index contributed by atoms with van der Waals surface area (Å²) in [6.45, 7) is -0.0447. The quantitative estimate of drug-likeness (QED) is 0.795. The lowest BCUT2D eigenvalue weighted by molar-refractivity contribution is 0.0950. The van der Waals surface area contributed by atoms with Crippen LogP contribution in [0.1, 0.15) is 39.1 Å². The summed E-state index contributed by atoms with van der Waals surface area (Å²) in [5.41, 5.74) is -0.142. The number of aromatic nitrogens is 1. The van der Waals surface area contributed by atoms with Crippen LogP contribution in [0.3, 0.4) is 0 Å². The van der Waals surface area contributed by atoms with E-state index < -0.39 is 11.4 Å². The standard InChI is InChI=1S/C17H15FN2O3.C2H7N/c18-15-4-2-1-3-11(15)8-20-9-12(7-13(10-21)17(20)23)16(22)19-14-5-6-14;1-3-2/h1-4,7,9-10,14H,5-6,8H2,(H,19,22);3H,1-2H3. The molecule has 1 aliphatic rings. The average molecular weight is 359 g/mol. The molecule has 1 aliphatic carbocycles. The second-order valence-corrected chi connectivity index (χ2v) is 6.07. The number of aldehydes is 1. The highest BCUT2D eigenvalue weighted by Crippen LogP contribution is 2.19. The molecule has 1 fully saturated rings. The van der Waals surface area contributed by atoms with Crippen LogP contribution in [0.15, 0.2) is 41.3 Å². The van der Waals surface area contributed by atoms with Crippen LogP contribution in [-0.4, -0.2) is 36.9 Å². The van der Waals surface area contributed by atoms with E-state index in [9.17, 15) is 18.8 Å². The third-order valence-electron chi connectivity index (χ3n) is 3.71. The molecule has 0 atom stereocenters.